The van der Waals surface area contributed by atoms with E-state index >= 15 is 0 Å². The third-order valence-corrected chi connectivity index (χ3v) is 4.86. The highest BCUT2D eigenvalue weighted by atomic mass is 16.1. The molecule has 2 aliphatic rings. The topological polar surface area (TPSA) is 34.1 Å². The molecule has 0 aromatic heterocycles. The summed E-state index contributed by atoms with van der Waals surface area (Å²) in [6.45, 7) is 0. The Kier molecular flexibility index (Phi) is 4.33. The monoisotopic (exact) mass is 282 g/mol. The number of hydrogen-bond donors (Lipinski definition) is 0. The third-order valence-electron chi connectivity index (χ3n) is 4.86. The van der Waals surface area contributed by atoms with Crippen molar-refractivity contribution in [2.75, 3.05) is 0 Å². The van der Waals surface area contributed by atoms with E-state index in [0.717, 1.165) is 36.8 Å². The standard InChI is InChI=1S/C19H22O2/c20-18(15-8-2-1-3-9-15)13-11-16-10-12-17(19(16)21)14-6-4-5-7-14/h1-3,8-9,16H,4-7,10-13H2. The molecule has 1 unspecified atom stereocenters. The summed E-state index contributed by atoms with van der Waals surface area (Å²) in [7, 11) is 0. The Balaban J connectivity index is 1.58. The van der Waals surface area contributed by atoms with Crippen LogP contribution in [0.15, 0.2) is 41.5 Å². The van der Waals surface area contributed by atoms with Crippen molar-refractivity contribution in [3.8, 4) is 0 Å². The van der Waals surface area contributed by atoms with E-state index in [-0.39, 0.29) is 11.7 Å². The van der Waals surface area contributed by atoms with Crippen LogP contribution in [0.5, 0.6) is 0 Å². The van der Waals surface area contributed by atoms with Crippen LogP contribution in [0.1, 0.15) is 61.7 Å². The number of carbonyl (C=O) groups excluding carboxylic acids is 2. The van der Waals surface area contributed by atoms with Gasteiger partial charge in [-0.05, 0) is 50.5 Å². The smallest absolute Gasteiger partial charge is 0.162 e. The van der Waals surface area contributed by atoms with Gasteiger partial charge in [0.15, 0.2) is 11.6 Å². The predicted octanol–water partition coefficient (Wildman–Crippen LogP) is 4.50. The molecule has 0 heterocycles. The molecule has 2 aliphatic carbocycles. The molecule has 0 radical (unpaired) electrons. The molecule has 110 valence electrons. The Hall–Kier alpha value is -1.70. The van der Waals surface area contributed by atoms with Crippen molar-refractivity contribution in [2.24, 2.45) is 5.92 Å². The number of rotatable bonds is 4. The van der Waals surface area contributed by atoms with Gasteiger partial charge in [-0.25, -0.2) is 0 Å². The summed E-state index contributed by atoms with van der Waals surface area (Å²) in [6.07, 6.45) is 7.81. The van der Waals surface area contributed by atoms with Crippen molar-refractivity contribution in [1.82, 2.24) is 0 Å². The van der Waals surface area contributed by atoms with Crippen LogP contribution in [0, 0.1) is 5.92 Å². The number of allylic oxidation sites excluding steroid dienone is 2. The van der Waals surface area contributed by atoms with E-state index in [4.69, 9.17) is 0 Å². The SMILES string of the molecule is O=C(CCC1CCC(=C2CCCC2)C1=O)c1ccccc1. The van der Waals surface area contributed by atoms with Gasteiger partial charge in [0.2, 0.25) is 0 Å². The first-order chi connectivity index (χ1) is 10.3. The molecule has 1 aromatic carbocycles. The molecule has 2 fully saturated rings. The summed E-state index contributed by atoms with van der Waals surface area (Å²) in [6, 6.07) is 9.39. The summed E-state index contributed by atoms with van der Waals surface area (Å²) in [5, 5.41) is 0. The second-order valence-electron chi connectivity index (χ2n) is 6.22. The van der Waals surface area contributed by atoms with Gasteiger partial charge in [-0.15, -0.1) is 0 Å². The van der Waals surface area contributed by atoms with Gasteiger partial charge in [-0.2, -0.15) is 0 Å². The van der Waals surface area contributed by atoms with Crippen molar-refractivity contribution in [3.63, 3.8) is 0 Å². The van der Waals surface area contributed by atoms with Gasteiger partial charge in [-0.3, -0.25) is 9.59 Å². The summed E-state index contributed by atoms with van der Waals surface area (Å²) >= 11 is 0. The summed E-state index contributed by atoms with van der Waals surface area (Å²) in [5.74, 6) is 0.582. The van der Waals surface area contributed by atoms with Crippen LogP contribution in [-0.2, 0) is 4.79 Å². The fourth-order valence-electron chi connectivity index (χ4n) is 3.62. The van der Waals surface area contributed by atoms with Gasteiger partial charge in [0.25, 0.3) is 0 Å². The molecular weight excluding hydrogens is 260 g/mol. The minimum atomic E-state index is 0.0840. The highest BCUT2D eigenvalue weighted by Gasteiger charge is 2.31. The van der Waals surface area contributed by atoms with Crippen molar-refractivity contribution in [3.05, 3.63) is 47.0 Å². The van der Waals surface area contributed by atoms with Crippen molar-refractivity contribution < 1.29 is 9.59 Å². The Morgan fingerprint density at radius 3 is 2.48 bits per heavy atom. The maximum absolute atomic E-state index is 12.5. The van der Waals surface area contributed by atoms with Gasteiger partial charge >= 0.3 is 0 Å². The molecule has 1 aromatic rings. The lowest BCUT2D eigenvalue weighted by Crippen LogP contribution is -2.11. The number of hydrogen-bond acceptors (Lipinski definition) is 2. The highest BCUT2D eigenvalue weighted by Crippen LogP contribution is 2.37. The third kappa shape index (κ3) is 3.15. The first-order valence-corrected chi connectivity index (χ1v) is 8.09. The Morgan fingerprint density at radius 2 is 1.76 bits per heavy atom. The number of benzene rings is 1. The van der Waals surface area contributed by atoms with Crippen molar-refractivity contribution in [1.29, 1.82) is 0 Å². The molecule has 1 atom stereocenters. The molecule has 0 spiro atoms. The van der Waals surface area contributed by atoms with Gasteiger partial charge in [-0.1, -0.05) is 35.9 Å². The molecule has 0 saturated heterocycles. The van der Waals surface area contributed by atoms with Gasteiger partial charge in [0, 0.05) is 17.9 Å². The lowest BCUT2D eigenvalue weighted by Gasteiger charge is -2.07. The van der Waals surface area contributed by atoms with Crippen molar-refractivity contribution in [2.45, 2.75) is 51.4 Å². The number of ketones is 2. The molecule has 21 heavy (non-hydrogen) atoms. The van der Waals surface area contributed by atoms with Crippen LogP contribution < -0.4 is 0 Å². The molecule has 0 aliphatic heterocycles. The summed E-state index contributed by atoms with van der Waals surface area (Å²) < 4.78 is 0. The molecule has 0 N–H and O–H groups in total. The summed E-state index contributed by atoms with van der Waals surface area (Å²) in [5.41, 5.74) is 3.29. The molecule has 3 rings (SSSR count). The average Bonchev–Trinajstić information content (AvgIpc) is 3.15. The van der Waals surface area contributed by atoms with Crippen LogP contribution in [-0.4, -0.2) is 11.6 Å². The normalized spacial score (nSPS) is 22.1. The fraction of sp³-hybridized carbons (Fsp3) is 0.474. The molecule has 2 nitrogen and oxygen atoms in total. The first kappa shape index (κ1) is 14.2. The maximum atomic E-state index is 12.5. The largest absolute Gasteiger partial charge is 0.294 e. The van der Waals surface area contributed by atoms with E-state index < -0.39 is 0 Å². The predicted molar refractivity (Wildman–Crippen MR) is 83.2 cm³/mol. The zero-order chi connectivity index (χ0) is 14.7. The highest BCUT2D eigenvalue weighted by molar-refractivity contribution is 6.01. The van der Waals surface area contributed by atoms with Crippen LogP contribution in [0.4, 0.5) is 0 Å². The molecule has 0 amide bonds. The van der Waals surface area contributed by atoms with Crippen LogP contribution in [0.2, 0.25) is 0 Å². The molecular formula is C19H22O2. The molecule has 2 saturated carbocycles. The van der Waals surface area contributed by atoms with Gasteiger partial charge in [0.05, 0.1) is 0 Å². The van der Waals surface area contributed by atoms with E-state index in [9.17, 15) is 9.59 Å². The molecule has 2 heteroatoms. The second-order valence-corrected chi connectivity index (χ2v) is 6.22. The van der Waals surface area contributed by atoms with E-state index in [1.807, 2.05) is 30.3 Å². The lowest BCUT2D eigenvalue weighted by atomic mass is 9.95. The van der Waals surface area contributed by atoms with Crippen molar-refractivity contribution >= 4 is 11.6 Å². The average molecular weight is 282 g/mol. The minimum Gasteiger partial charge on any atom is -0.294 e. The number of Topliss-reactive ketones (excluding diaryl/α,β-unsaturated/α-hetero) is 2. The summed E-state index contributed by atoms with van der Waals surface area (Å²) in [4.78, 5) is 24.6. The number of carbonyl (C=O) groups is 2. The zero-order valence-corrected chi connectivity index (χ0v) is 12.4. The Bertz CT molecular complexity index is 560. The zero-order valence-electron chi connectivity index (χ0n) is 12.4. The van der Waals surface area contributed by atoms with Crippen LogP contribution >= 0.6 is 0 Å². The quantitative estimate of drug-likeness (QED) is 0.602. The maximum Gasteiger partial charge on any atom is 0.162 e. The van der Waals surface area contributed by atoms with E-state index in [2.05, 4.69) is 0 Å². The van der Waals surface area contributed by atoms with E-state index in [0.29, 0.717) is 18.6 Å². The van der Waals surface area contributed by atoms with Gasteiger partial charge in [0.1, 0.15) is 0 Å². The first-order valence-electron chi connectivity index (χ1n) is 8.09. The fourth-order valence-corrected chi connectivity index (χ4v) is 3.62. The Labute approximate surface area is 126 Å². The minimum absolute atomic E-state index is 0.0840. The molecule has 0 bridgehead atoms. The van der Waals surface area contributed by atoms with Gasteiger partial charge < -0.3 is 0 Å². The Morgan fingerprint density at radius 1 is 1.05 bits per heavy atom. The lowest BCUT2D eigenvalue weighted by molar-refractivity contribution is -0.118. The van der Waals surface area contributed by atoms with E-state index in [1.165, 1.54) is 18.4 Å². The van der Waals surface area contributed by atoms with Crippen LogP contribution in [0.25, 0.3) is 0 Å². The van der Waals surface area contributed by atoms with Crippen LogP contribution in [0.3, 0.4) is 0 Å². The van der Waals surface area contributed by atoms with E-state index in [1.54, 1.807) is 0 Å². The second kappa shape index (κ2) is 6.38.